The predicted molar refractivity (Wildman–Crippen MR) is 88.0 cm³/mol. The van der Waals surface area contributed by atoms with E-state index in [1.165, 1.54) is 45.2 Å². The van der Waals surface area contributed by atoms with Crippen LogP contribution in [0.1, 0.15) is 66.7 Å². The molecule has 0 amide bonds. The van der Waals surface area contributed by atoms with Crippen molar-refractivity contribution in [2.24, 2.45) is 16.7 Å². The second-order valence-corrected chi connectivity index (χ2v) is 8.40. The van der Waals surface area contributed by atoms with Crippen molar-refractivity contribution in [1.29, 1.82) is 0 Å². The van der Waals surface area contributed by atoms with Crippen LogP contribution in [0.4, 0.5) is 0 Å². The van der Waals surface area contributed by atoms with Gasteiger partial charge in [-0.05, 0) is 82.8 Å². The van der Waals surface area contributed by atoms with Crippen molar-refractivity contribution >= 4 is 0 Å². The highest BCUT2D eigenvalue weighted by Crippen LogP contribution is 2.65. The van der Waals surface area contributed by atoms with Crippen molar-refractivity contribution in [1.82, 2.24) is 10.2 Å². The maximum atomic E-state index is 3.89. The molecule has 0 radical (unpaired) electrons. The molecule has 2 heteroatoms. The van der Waals surface area contributed by atoms with Gasteiger partial charge in [-0.15, -0.1) is 0 Å². The molecule has 20 heavy (non-hydrogen) atoms. The molecule has 0 spiro atoms. The van der Waals surface area contributed by atoms with Crippen molar-refractivity contribution in [3.05, 3.63) is 0 Å². The maximum Gasteiger partial charge on any atom is 0.0129 e. The van der Waals surface area contributed by atoms with Crippen LogP contribution in [0.25, 0.3) is 0 Å². The van der Waals surface area contributed by atoms with E-state index in [0.29, 0.717) is 16.9 Å². The average molecular weight is 280 g/mol. The molecule has 2 saturated carbocycles. The summed E-state index contributed by atoms with van der Waals surface area (Å²) in [6.07, 6.45) is 6.93. The largest absolute Gasteiger partial charge is 0.313 e. The molecule has 0 aromatic rings. The third kappa shape index (κ3) is 2.78. The van der Waals surface area contributed by atoms with Crippen LogP contribution in [0, 0.1) is 16.7 Å². The first-order valence-electron chi connectivity index (χ1n) is 8.72. The molecular weight excluding hydrogens is 244 g/mol. The first-order chi connectivity index (χ1) is 9.29. The molecule has 118 valence electrons. The fourth-order valence-corrected chi connectivity index (χ4v) is 4.53. The first kappa shape index (κ1) is 16.3. The summed E-state index contributed by atoms with van der Waals surface area (Å²) in [7, 11) is 2.23. The van der Waals surface area contributed by atoms with Crippen LogP contribution in [-0.4, -0.2) is 37.1 Å². The smallest absolute Gasteiger partial charge is 0.0129 e. The molecule has 2 aliphatic carbocycles. The van der Waals surface area contributed by atoms with E-state index in [4.69, 9.17) is 0 Å². The van der Waals surface area contributed by atoms with Crippen LogP contribution in [0.2, 0.25) is 0 Å². The zero-order valence-corrected chi connectivity index (χ0v) is 14.6. The Morgan fingerprint density at radius 1 is 1.20 bits per heavy atom. The number of rotatable bonds is 7. The third-order valence-electron chi connectivity index (χ3n) is 7.00. The fraction of sp³-hybridized carbons (Fsp3) is 1.00. The van der Waals surface area contributed by atoms with E-state index in [9.17, 15) is 0 Å². The lowest BCUT2D eigenvalue weighted by molar-refractivity contribution is 0.121. The van der Waals surface area contributed by atoms with E-state index < -0.39 is 0 Å². The van der Waals surface area contributed by atoms with Gasteiger partial charge in [-0.3, -0.25) is 0 Å². The summed E-state index contributed by atoms with van der Waals surface area (Å²) in [5.41, 5.74) is 1.08. The van der Waals surface area contributed by atoms with E-state index in [1.807, 2.05) is 0 Å². The highest BCUT2D eigenvalue weighted by molar-refractivity contribution is 5.12. The van der Waals surface area contributed by atoms with Crippen LogP contribution in [-0.2, 0) is 0 Å². The van der Waals surface area contributed by atoms with Crippen LogP contribution in [0.5, 0.6) is 0 Å². The summed E-state index contributed by atoms with van der Waals surface area (Å²) in [5, 5.41) is 3.89. The van der Waals surface area contributed by atoms with Crippen molar-refractivity contribution in [3.8, 4) is 0 Å². The molecule has 0 aromatic carbocycles. The lowest BCUT2D eigenvalue weighted by atomic mass is 9.69. The minimum atomic E-state index is 0.534. The number of nitrogens with zero attached hydrogens (tertiary/aromatic N) is 1. The minimum absolute atomic E-state index is 0.534. The molecule has 0 saturated heterocycles. The molecule has 0 aromatic heterocycles. The lowest BCUT2D eigenvalue weighted by Gasteiger charge is -2.39. The predicted octanol–water partition coefficient (Wildman–Crippen LogP) is 3.91. The van der Waals surface area contributed by atoms with E-state index in [1.54, 1.807) is 0 Å². The van der Waals surface area contributed by atoms with E-state index in [-0.39, 0.29) is 0 Å². The monoisotopic (exact) mass is 280 g/mol. The summed E-state index contributed by atoms with van der Waals surface area (Å²) < 4.78 is 0. The summed E-state index contributed by atoms with van der Waals surface area (Å²) in [5.74, 6) is 0.956. The third-order valence-corrected chi connectivity index (χ3v) is 7.00. The summed E-state index contributed by atoms with van der Waals surface area (Å²) in [6, 6.07) is 1.44. The Hall–Kier alpha value is -0.0800. The molecule has 2 fully saturated rings. The van der Waals surface area contributed by atoms with Crippen LogP contribution in [0.15, 0.2) is 0 Å². The van der Waals surface area contributed by atoms with Crippen molar-refractivity contribution in [2.45, 2.75) is 78.8 Å². The molecule has 3 unspecified atom stereocenters. The highest BCUT2D eigenvalue weighted by Gasteiger charge is 2.60. The number of fused-ring (bicyclic) bond motifs is 2. The molecule has 3 atom stereocenters. The SMILES string of the molecule is CC(C)N(C)CCCCNC1CC2CCC1(C)C2(C)C. The van der Waals surface area contributed by atoms with Gasteiger partial charge in [-0.1, -0.05) is 20.8 Å². The van der Waals surface area contributed by atoms with Gasteiger partial charge in [0.05, 0.1) is 0 Å². The normalized spacial score (nSPS) is 35.4. The van der Waals surface area contributed by atoms with Crippen molar-refractivity contribution in [3.63, 3.8) is 0 Å². The first-order valence-corrected chi connectivity index (χ1v) is 8.72. The van der Waals surface area contributed by atoms with Crippen LogP contribution in [0.3, 0.4) is 0 Å². The number of unbranched alkanes of at least 4 members (excludes halogenated alkanes) is 1. The van der Waals surface area contributed by atoms with Crippen molar-refractivity contribution in [2.75, 3.05) is 20.1 Å². The topological polar surface area (TPSA) is 15.3 Å². The molecule has 1 N–H and O–H groups in total. The van der Waals surface area contributed by atoms with E-state index in [0.717, 1.165) is 12.0 Å². The molecular formula is C18H36N2. The second kappa shape index (κ2) is 5.96. The number of nitrogens with one attached hydrogen (secondary N) is 1. The van der Waals surface area contributed by atoms with Gasteiger partial charge in [0, 0.05) is 12.1 Å². The lowest BCUT2D eigenvalue weighted by Crippen LogP contribution is -2.44. The zero-order chi connectivity index (χ0) is 15.0. The minimum Gasteiger partial charge on any atom is -0.313 e. The van der Waals surface area contributed by atoms with Gasteiger partial charge < -0.3 is 10.2 Å². The number of hydrogen-bond donors (Lipinski definition) is 1. The van der Waals surface area contributed by atoms with Gasteiger partial charge in [0.25, 0.3) is 0 Å². The molecule has 0 heterocycles. The van der Waals surface area contributed by atoms with Crippen molar-refractivity contribution < 1.29 is 0 Å². The Bertz CT molecular complexity index is 323. The Balaban J connectivity index is 1.69. The Morgan fingerprint density at radius 3 is 2.40 bits per heavy atom. The van der Waals surface area contributed by atoms with Crippen LogP contribution >= 0.6 is 0 Å². The average Bonchev–Trinajstić information content (AvgIpc) is 2.70. The maximum absolute atomic E-state index is 3.89. The number of hydrogen-bond acceptors (Lipinski definition) is 2. The van der Waals surface area contributed by atoms with Crippen LogP contribution < -0.4 is 5.32 Å². The van der Waals surface area contributed by atoms with E-state index in [2.05, 4.69) is 51.9 Å². The van der Waals surface area contributed by atoms with Gasteiger partial charge in [0.2, 0.25) is 0 Å². The molecule has 2 aliphatic rings. The van der Waals surface area contributed by atoms with Gasteiger partial charge in [-0.25, -0.2) is 0 Å². The van der Waals surface area contributed by atoms with Gasteiger partial charge >= 0.3 is 0 Å². The Kier molecular flexibility index (Phi) is 4.86. The molecule has 2 nitrogen and oxygen atoms in total. The molecule has 2 bridgehead atoms. The quantitative estimate of drug-likeness (QED) is 0.711. The van der Waals surface area contributed by atoms with Gasteiger partial charge in [0.1, 0.15) is 0 Å². The highest BCUT2D eigenvalue weighted by atomic mass is 15.1. The van der Waals surface area contributed by atoms with Gasteiger partial charge in [0.15, 0.2) is 0 Å². The second-order valence-electron chi connectivity index (χ2n) is 8.40. The fourth-order valence-electron chi connectivity index (χ4n) is 4.53. The summed E-state index contributed by atoms with van der Waals surface area (Å²) in [6.45, 7) is 14.5. The Morgan fingerprint density at radius 2 is 1.90 bits per heavy atom. The Labute approximate surface area is 126 Å². The molecule has 0 aliphatic heterocycles. The van der Waals surface area contributed by atoms with Gasteiger partial charge in [-0.2, -0.15) is 0 Å². The summed E-state index contributed by atoms with van der Waals surface area (Å²) in [4.78, 5) is 2.45. The summed E-state index contributed by atoms with van der Waals surface area (Å²) >= 11 is 0. The zero-order valence-electron chi connectivity index (χ0n) is 14.6. The van der Waals surface area contributed by atoms with E-state index >= 15 is 0 Å². The molecule has 2 rings (SSSR count). The standard InChI is InChI=1S/C18H36N2/c1-14(2)20(6)12-8-7-11-19-16-13-15-9-10-18(16,5)17(15,3)4/h14-16,19H,7-13H2,1-6H3.